The molecule has 3 heteroatoms. The molecule has 2 saturated carbocycles. The summed E-state index contributed by atoms with van der Waals surface area (Å²) in [6, 6.07) is 6.10. The fourth-order valence-corrected chi connectivity index (χ4v) is 5.82. The maximum absolute atomic E-state index is 11.6. The number of carbonyl (C=O) groups excluding carboxylic acids is 1. The summed E-state index contributed by atoms with van der Waals surface area (Å²) in [6.45, 7) is 3.96. The number of esters is 1. The number of aliphatic hydroxyl groups is 1. The fraction of sp³-hybridized carbons (Fsp3) is 0.667. The van der Waals surface area contributed by atoms with Crippen LogP contribution in [0.4, 0.5) is 0 Å². The lowest BCUT2D eigenvalue weighted by molar-refractivity contribution is -0.142. The summed E-state index contributed by atoms with van der Waals surface area (Å²) in [6.07, 6.45) is 8.18. The Morgan fingerprint density at radius 1 is 1.29 bits per heavy atom. The monoisotopic (exact) mass is 328 g/mol. The summed E-state index contributed by atoms with van der Waals surface area (Å²) in [5.74, 6) is 2.41. The van der Waals surface area contributed by atoms with Gasteiger partial charge in [0, 0.05) is 0 Å². The van der Waals surface area contributed by atoms with Gasteiger partial charge in [-0.05, 0) is 91.9 Å². The molecular weight excluding hydrogens is 300 g/mol. The van der Waals surface area contributed by atoms with E-state index in [-0.39, 0.29) is 0 Å². The average molecular weight is 328 g/mol. The molecule has 0 radical (unpaired) electrons. The second-order valence-electron chi connectivity index (χ2n) is 8.46. The van der Waals surface area contributed by atoms with E-state index in [1.807, 2.05) is 12.1 Å². The first-order valence-electron chi connectivity index (χ1n) is 9.50. The van der Waals surface area contributed by atoms with E-state index in [0.29, 0.717) is 17.1 Å². The number of fused-ring (bicyclic) bond motifs is 5. The first-order chi connectivity index (χ1) is 11.5. The number of rotatable bonds is 2. The lowest BCUT2D eigenvalue weighted by Crippen LogP contribution is -2.39. The lowest BCUT2D eigenvalue weighted by Gasteiger charge is -2.49. The van der Waals surface area contributed by atoms with Crippen molar-refractivity contribution in [2.45, 2.75) is 70.8 Å². The van der Waals surface area contributed by atoms with Gasteiger partial charge in [0.2, 0.25) is 0 Å². The summed E-state index contributed by atoms with van der Waals surface area (Å²) in [5, 5.41) is 9.31. The maximum Gasteiger partial charge on any atom is 0.340 e. The van der Waals surface area contributed by atoms with Crippen molar-refractivity contribution in [3.63, 3.8) is 0 Å². The van der Waals surface area contributed by atoms with E-state index in [1.165, 1.54) is 56.6 Å². The zero-order valence-corrected chi connectivity index (χ0v) is 14.8. The quantitative estimate of drug-likeness (QED) is 0.653. The molecule has 0 amide bonds. The molecule has 1 N–H and O–H groups in total. The number of benzene rings is 1. The zero-order valence-electron chi connectivity index (χ0n) is 14.8. The Bertz CT molecular complexity index is 650. The zero-order chi connectivity index (χ0) is 16.9. The molecule has 1 aromatic carbocycles. The van der Waals surface area contributed by atoms with E-state index in [4.69, 9.17) is 4.74 Å². The van der Waals surface area contributed by atoms with Crippen LogP contribution < -0.4 is 4.74 Å². The van der Waals surface area contributed by atoms with E-state index >= 15 is 0 Å². The van der Waals surface area contributed by atoms with Gasteiger partial charge in [0.1, 0.15) is 11.9 Å². The van der Waals surface area contributed by atoms with E-state index < -0.39 is 12.1 Å². The Balaban J connectivity index is 1.58. The largest absolute Gasteiger partial charge is 0.425 e. The molecule has 3 aliphatic carbocycles. The molecule has 1 unspecified atom stereocenters. The third-order valence-corrected chi connectivity index (χ3v) is 7.04. The third kappa shape index (κ3) is 2.57. The minimum atomic E-state index is -1.08. The molecule has 1 aromatic rings. The molecule has 3 aliphatic rings. The SMILES string of the molecule is CC(O)C(=O)Oc1ccc2c(c1)CC[C@@H]1[C@@H]2CC[C@]2(C)CCC[C@@H]12. The minimum Gasteiger partial charge on any atom is -0.425 e. The predicted molar refractivity (Wildman–Crippen MR) is 93.0 cm³/mol. The first kappa shape index (κ1) is 16.1. The van der Waals surface area contributed by atoms with E-state index in [0.717, 1.165) is 18.3 Å². The lowest BCUT2D eigenvalue weighted by atomic mass is 9.56. The molecule has 5 atom stereocenters. The summed E-state index contributed by atoms with van der Waals surface area (Å²) < 4.78 is 5.27. The second kappa shape index (κ2) is 5.87. The average Bonchev–Trinajstić information content (AvgIpc) is 2.96. The number of hydrogen-bond acceptors (Lipinski definition) is 3. The molecule has 2 fully saturated rings. The Morgan fingerprint density at radius 2 is 2.12 bits per heavy atom. The van der Waals surface area contributed by atoms with E-state index in [1.54, 1.807) is 0 Å². The van der Waals surface area contributed by atoms with Crippen LogP contribution in [-0.2, 0) is 11.2 Å². The second-order valence-corrected chi connectivity index (χ2v) is 8.46. The molecule has 0 aromatic heterocycles. The van der Waals surface area contributed by atoms with Crippen LogP contribution in [0.3, 0.4) is 0 Å². The van der Waals surface area contributed by atoms with Crippen LogP contribution in [0, 0.1) is 17.3 Å². The molecule has 0 saturated heterocycles. The van der Waals surface area contributed by atoms with Gasteiger partial charge in [-0.15, -0.1) is 0 Å². The molecule has 24 heavy (non-hydrogen) atoms. The molecule has 0 heterocycles. The summed E-state index contributed by atoms with van der Waals surface area (Å²) in [7, 11) is 0. The highest BCUT2D eigenvalue weighted by atomic mass is 16.5. The Kier molecular flexibility index (Phi) is 3.95. The van der Waals surface area contributed by atoms with Crippen molar-refractivity contribution in [3.8, 4) is 5.75 Å². The Morgan fingerprint density at radius 3 is 2.92 bits per heavy atom. The third-order valence-electron chi connectivity index (χ3n) is 7.04. The number of ether oxygens (including phenoxy) is 1. The molecule has 0 aliphatic heterocycles. The van der Waals surface area contributed by atoms with Gasteiger partial charge in [-0.1, -0.05) is 19.4 Å². The highest BCUT2D eigenvalue weighted by Gasteiger charge is 2.50. The molecule has 130 valence electrons. The molecule has 3 nitrogen and oxygen atoms in total. The van der Waals surface area contributed by atoms with Gasteiger partial charge in [0.05, 0.1) is 0 Å². The van der Waals surface area contributed by atoms with Crippen LogP contribution in [0.1, 0.15) is 69.4 Å². The van der Waals surface area contributed by atoms with Crippen LogP contribution in [0.2, 0.25) is 0 Å². The van der Waals surface area contributed by atoms with E-state index in [2.05, 4.69) is 13.0 Å². The van der Waals surface area contributed by atoms with Gasteiger partial charge in [0.15, 0.2) is 0 Å². The molecular formula is C21H28O3. The van der Waals surface area contributed by atoms with Crippen molar-refractivity contribution >= 4 is 5.97 Å². The fourth-order valence-electron chi connectivity index (χ4n) is 5.82. The Labute approximate surface area is 144 Å². The van der Waals surface area contributed by atoms with Gasteiger partial charge in [-0.2, -0.15) is 0 Å². The number of carbonyl (C=O) groups is 1. The van der Waals surface area contributed by atoms with Crippen LogP contribution in [0.5, 0.6) is 5.75 Å². The molecule has 4 rings (SSSR count). The van der Waals surface area contributed by atoms with Crippen LogP contribution in [0.15, 0.2) is 18.2 Å². The van der Waals surface area contributed by atoms with Crippen molar-refractivity contribution in [3.05, 3.63) is 29.3 Å². The van der Waals surface area contributed by atoms with Crippen molar-refractivity contribution in [1.29, 1.82) is 0 Å². The van der Waals surface area contributed by atoms with Gasteiger partial charge in [-0.25, -0.2) is 4.79 Å². The van der Waals surface area contributed by atoms with Crippen molar-refractivity contribution in [1.82, 2.24) is 0 Å². The van der Waals surface area contributed by atoms with Crippen LogP contribution in [0.25, 0.3) is 0 Å². The van der Waals surface area contributed by atoms with Gasteiger partial charge in [-0.3, -0.25) is 0 Å². The molecule has 0 spiro atoms. The smallest absolute Gasteiger partial charge is 0.340 e. The van der Waals surface area contributed by atoms with Gasteiger partial charge < -0.3 is 9.84 Å². The summed E-state index contributed by atoms with van der Waals surface area (Å²) >= 11 is 0. The number of aryl methyl sites for hydroxylation is 1. The minimum absolute atomic E-state index is 0.569. The van der Waals surface area contributed by atoms with Crippen molar-refractivity contribution in [2.75, 3.05) is 0 Å². The number of hydrogen-bond donors (Lipinski definition) is 1. The van der Waals surface area contributed by atoms with Crippen LogP contribution in [-0.4, -0.2) is 17.2 Å². The summed E-state index contributed by atoms with van der Waals surface area (Å²) in [4.78, 5) is 11.6. The first-order valence-corrected chi connectivity index (χ1v) is 9.50. The highest BCUT2D eigenvalue weighted by Crippen LogP contribution is 2.60. The van der Waals surface area contributed by atoms with Gasteiger partial charge >= 0.3 is 5.97 Å². The molecule has 0 bridgehead atoms. The topological polar surface area (TPSA) is 46.5 Å². The highest BCUT2D eigenvalue weighted by molar-refractivity contribution is 5.76. The van der Waals surface area contributed by atoms with Gasteiger partial charge in [0.25, 0.3) is 0 Å². The standard InChI is InChI=1S/C21H28O3/c1-13(22)20(23)24-15-6-8-16-14(12-15)5-7-18-17(16)9-11-21(2)10-3-4-19(18)21/h6,8,12-13,17-19,22H,3-5,7,9-11H2,1-2H3/t13?,17-,18-,19+,21+/m1/s1. The van der Waals surface area contributed by atoms with Crippen LogP contribution >= 0.6 is 0 Å². The normalized spacial score (nSPS) is 35.5. The predicted octanol–water partition coefficient (Wildman–Crippen LogP) is 4.22. The Hall–Kier alpha value is -1.35. The van der Waals surface area contributed by atoms with Crippen molar-refractivity contribution in [2.24, 2.45) is 17.3 Å². The van der Waals surface area contributed by atoms with E-state index in [9.17, 15) is 9.90 Å². The van der Waals surface area contributed by atoms with Crippen molar-refractivity contribution < 1.29 is 14.6 Å². The number of aliphatic hydroxyl groups excluding tert-OH is 1. The summed E-state index contributed by atoms with van der Waals surface area (Å²) in [5.41, 5.74) is 3.41. The maximum atomic E-state index is 11.6.